The Balaban J connectivity index is 1.41. The van der Waals surface area contributed by atoms with Crippen molar-refractivity contribution in [2.75, 3.05) is 57.9 Å². The van der Waals surface area contributed by atoms with Crippen LogP contribution in [0.1, 0.15) is 19.0 Å². The van der Waals surface area contributed by atoms with Crippen molar-refractivity contribution in [3.63, 3.8) is 0 Å². The summed E-state index contributed by atoms with van der Waals surface area (Å²) in [5.41, 5.74) is 9.32. The first-order chi connectivity index (χ1) is 19.2. The van der Waals surface area contributed by atoms with E-state index in [-0.39, 0.29) is 13.2 Å². The van der Waals surface area contributed by atoms with Crippen LogP contribution in [0.2, 0.25) is 0 Å². The number of aliphatic hydroxyl groups excluding tert-OH is 1. The number of aliphatic imine (C=N–C) groups is 2. The van der Waals surface area contributed by atoms with Gasteiger partial charge >= 0.3 is 0 Å². The lowest BCUT2D eigenvalue weighted by Crippen LogP contribution is -2.56. The molecule has 0 bridgehead atoms. The molecule has 2 saturated heterocycles. The quantitative estimate of drug-likeness (QED) is 0.307. The van der Waals surface area contributed by atoms with Crippen LogP contribution in [0.5, 0.6) is 0 Å². The number of aliphatic hydroxyl groups is 1. The summed E-state index contributed by atoms with van der Waals surface area (Å²) in [7, 11) is 0. The summed E-state index contributed by atoms with van der Waals surface area (Å²) in [4.78, 5) is 22.6. The number of hydrogen-bond acceptors (Lipinski definition) is 10. The molecule has 12 nitrogen and oxygen atoms in total. The fraction of sp³-hybridized carbons (Fsp3) is 0.407. The van der Waals surface area contributed by atoms with E-state index in [2.05, 4.69) is 42.2 Å². The molecule has 206 valence electrons. The lowest BCUT2D eigenvalue weighted by atomic mass is 10.1. The van der Waals surface area contributed by atoms with Crippen LogP contribution in [0.3, 0.4) is 0 Å². The van der Waals surface area contributed by atoms with E-state index in [9.17, 15) is 5.11 Å². The molecular formula is C27H35N9O3. The summed E-state index contributed by atoms with van der Waals surface area (Å²) in [5.74, 6) is 1.35. The molecule has 4 heterocycles. The van der Waals surface area contributed by atoms with Gasteiger partial charge in [0.15, 0.2) is 11.5 Å². The van der Waals surface area contributed by atoms with Crippen LogP contribution in [0, 0.1) is 0 Å². The number of nitrogens with zero attached hydrogens (tertiary/aromatic N) is 7. The number of nitrogens with one attached hydrogen (secondary N) is 1. The number of rotatable bonds is 10. The van der Waals surface area contributed by atoms with Crippen LogP contribution in [0.4, 0.5) is 5.82 Å². The molecule has 0 saturated carbocycles. The first-order valence-corrected chi connectivity index (χ1v) is 13.1. The molecule has 3 aliphatic rings. The van der Waals surface area contributed by atoms with Crippen molar-refractivity contribution in [2.24, 2.45) is 15.7 Å². The predicted octanol–water partition coefficient (Wildman–Crippen LogP) is 1.60. The number of allylic oxidation sites excluding steroid dienone is 3. The first-order valence-electron chi connectivity index (χ1n) is 13.1. The third-order valence-corrected chi connectivity index (χ3v) is 6.82. The zero-order chi connectivity index (χ0) is 27.0. The minimum Gasteiger partial charge on any atom is -0.489 e. The highest BCUT2D eigenvalue weighted by atomic mass is 16.5. The third kappa shape index (κ3) is 6.19. The number of hydrogen-bond donors (Lipinski definition) is 3. The van der Waals surface area contributed by atoms with Crippen molar-refractivity contribution < 1.29 is 14.6 Å². The van der Waals surface area contributed by atoms with Crippen molar-refractivity contribution in [1.29, 1.82) is 0 Å². The van der Waals surface area contributed by atoms with Gasteiger partial charge in [0.1, 0.15) is 23.8 Å². The van der Waals surface area contributed by atoms with Gasteiger partial charge in [-0.2, -0.15) is 0 Å². The van der Waals surface area contributed by atoms with Gasteiger partial charge in [-0.15, -0.1) is 0 Å². The topological polar surface area (TPSA) is 138 Å². The molecule has 0 unspecified atom stereocenters. The third-order valence-electron chi connectivity index (χ3n) is 6.82. The fourth-order valence-corrected chi connectivity index (χ4v) is 4.72. The molecule has 1 aliphatic carbocycles. The van der Waals surface area contributed by atoms with E-state index in [1.165, 1.54) is 6.34 Å². The Hall–Kier alpha value is -4.00. The summed E-state index contributed by atoms with van der Waals surface area (Å²) >= 11 is 0. The van der Waals surface area contributed by atoms with Gasteiger partial charge in [0.25, 0.3) is 0 Å². The highest BCUT2D eigenvalue weighted by Gasteiger charge is 2.30. The van der Waals surface area contributed by atoms with E-state index in [1.807, 2.05) is 29.8 Å². The van der Waals surface area contributed by atoms with Gasteiger partial charge in [-0.05, 0) is 25.2 Å². The first kappa shape index (κ1) is 26.6. The van der Waals surface area contributed by atoms with E-state index in [0.717, 1.165) is 56.5 Å². The molecule has 2 aromatic heterocycles. The monoisotopic (exact) mass is 533 g/mol. The average Bonchev–Trinajstić information content (AvgIpc) is 3.31. The van der Waals surface area contributed by atoms with Gasteiger partial charge < -0.3 is 34.9 Å². The SMILES string of the molecule is C/C=N/C=C(\N=C\N)c1cn2ccnc2c(NC2=CC=C(N3CCN(C4COC4)CC3)C(OCCO)=CC2)n1. The smallest absolute Gasteiger partial charge is 0.180 e. The Labute approximate surface area is 227 Å². The summed E-state index contributed by atoms with van der Waals surface area (Å²) in [6, 6.07) is 0.536. The van der Waals surface area contributed by atoms with Crippen molar-refractivity contribution in [3.8, 4) is 0 Å². The molecule has 0 amide bonds. The van der Waals surface area contributed by atoms with Gasteiger partial charge in [0.2, 0.25) is 0 Å². The molecule has 0 radical (unpaired) electrons. The van der Waals surface area contributed by atoms with Crippen molar-refractivity contribution in [3.05, 3.63) is 65.9 Å². The van der Waals surface area contributed by atoms with E-state index >= 15 is 0 Å². The van der Waals surface area contributed by atoms with E-state index < -0.39 is 0 Å². The van der Waals surface area contributed by atoms with Crippen molar-refractivity contribution in [1.82, 2.24) is 24.2 Å². The van der Waals surface area contributed by atoms with Crippen molar-refractivity contribution >= 4 is 29.7 Å². The second-order valence-corrected chi connectivity index (χ2v) is 9.26. The zero-order valence-corrected chi connectivity index (χ0v) is 22.1. The van der Waals surface area contributed by atoms with Gasteiger partial charge in [-0.3, -0.25) is 9.89 Å². The van der Waals surface area contributed by atoms with Crippen molar-refractivity contribution in [2.45, 2.75) is 19.4 Å². The summed E-state index contributed by atoms with van der Waals surface area (Å²) in [6.07, 6.45) is 16.7. The van der Waals surface area contributed by atoms with E-state index in [0.29, 0.717) is 35.3 Å². The molecule has 4 N–H and O–H groups in total. The molecule has 0 spiro atoms. The summed E-state index contributed by atoms with van der Waals surface area (Å²) < 4.78 is 13.2. The lowest BCUT2D eigenvalue weighted by molar-refractivity contribution is -0.0749. The summed E-state index contributed by atoms with van der Waals surface area (Å²) in [5, 5.41) is 12.9. The second-order valence-electron chi connectivity index (χ2n) is 9.26. The number of anilines is 1. The highest BCUT2D eigenvalue weighted by molar-refractivity contribution is 5.74. The molecule has 2 fully saturated rings. The maximum Gasteiger partial charge on any atom is 0.180 e. The Morgan fingerprint density at radius 3 is 2.85 bits per heavy atom. The van der Waals surface area contributed by atoms with E-state index in [1.54, 1.807) is 18.6 Å². The Bertz CT molecular complexity index is 1330. The number of ether oxygens (including phenoxy) is 2. The summed E-state index contributed by atoms with van der Waals surface area (Å²) in [6.45, 7) is 7.42. The zero-order valence-electron chi connectivity index (χ0n) is 22.1. The molecule has 12 heteroatoms. The van der Waals surface area contributed by atoms with Gasteiger partial charge in [-0.1, -0.05) is 0 Å². The molecule has 2 aliphatic heterocycles. The number of nitrogens with two attached hydrogens (primary N) is 1. The number of aromatic nitrogens is 3. The molecule has 39 heavy (non-hydrogen) atoms. The molecule has 5 rings (SSSR count). The maximum absolute atomic E-state index is 9.41. The Kier molecular flexibility index (Phi) is 8.66. The fourth-order valence-electron chi connectivity index (χ4n) is 4.72. The van der Waals surface area contributed by atoms with Crippen LogP contribution < -0.4 is 11.1 Å². The van der Waals surface area contributed by atoms with Crippen LogP contribution in [0.15, 0.2) is 70.2 Å². The number of fused-ring (bicyclic) bond motifs is 1. The van der Waals surface area contributed by atoms with Gasteiger partial charge in [0, 0.05) is 63.1 Å². The molecule has 2 aromatic rings. The highest BCUT2D eigenvalue weighted by Crippen LogP contribution is 2.27. The van der Waals surface area contributed by atoms with Crippen LogP contribution in [-0.4, -0.2) is 100 Å². The predicted molar refractivity (Wildman–Crippen MR) is 151 cm³/mol. The van der Waals surface area contributed by atoms with Crippen LogP contribution in [0.25, 0.3) is 11.3 Å². The number of imidazole rings is 1. The van der Waals surface area contributed by atoms with Crippen LogP contribution in [-0.2, 0) is 9.47 Å². The lowest BCUT2D eigenvalue weighted by Gasteiger charge is -2.43. The maximum atomic E-state index is 9.41. The normalized spacial score (nSPS) is 19.7. The largest absolute Gasteiger partial charge is 0.489 e. The molecule has 0 aromatic carbocycles. The molecular weight excluding hydrogens is 498 g/mol. The average molecular weight is 534 g/mol. The Morgan fingerprint density at radius 1 is 1.28 bits per heavy atom. The van der Waals surface area contributed by atoms with E-state index in [4.69, 9.17) is 20.2 Å². The number of piperazine rings is 1. The minimum atomic E-state index is -0.0452. The Morgan fingerprint density at radius 2 is 2.13 bits per heavy atom. The standard InChI is InChI=1S/C27H35N9O3/c1-2-29-15-22(31-19-28)23-16-36-8-7-30-27(36)26(33-23)32-20-3-5-24(25(6-4-20)39-14-13-37)35-11-9-34(10-12-35)21-17-38-18-21/h2-3,5-8,15-16,19,21,37H,4,9-14,17-18H2,1H3,(H2,28,31)(H,32,33)/b22-15-,29-2+. The van der Waals surface area contributed by atoms with Crippen LogP contribution >= 0.6 is 0 Å². The van der Waals surface area contributed by atoms with Gasteiger partial charge in [0.05, 0.1) is 44.1 Å². The minimum absolute atomic E-state index is 0.0452. The molecule has 0 atom stereocenters. The van der Waals surface area contributed by atoms with Gasteiger partial charge in [-0.25, -0.2) is 15.0 Å². The second kappa shape index (κ2) is 12.7.